The highest BCUT2D eigenvalue weighted by Crippen LogP contribution is 2.48. The average Bonchev–Trinajstić information content (AvgIpc) is 2.39. The maximum Gasteiger partial charge on any atom is 0.416 e. The van der Waals surface area contributed by atoms with Crippen LogP contribution in [0.2, 0.25) is 0 Å². The summed E-state index contributed by atoms with van der Waals surface area (Å²) < 4.78 is 38.1. The number of alkyl halides is 3. The molecule has 0 amide bonds. The van der Waals surface area contributed by atoms with Crippen molar-refractivity contribution in [2.45, 2.75) is 70.9 Å². The lowest BCUT2D eigenvalue weighted by Gasteiger charge is -2.31. The second-order valence-corrected chi connectivity index (χ2v) is 8.82. The molecule has 0 radical (unpaired) electrons. The minimum Gasteiger partial charge on any atom is -0.166 e. The zero-order valence-electron chi connectivity index (χ0n) is 13.4. The molecule has 2 unspecified atom stereocenters. The molecule has 0 aliphatic rings. The van der Waals surface area contributed by atoms with E-state index in [9.17, 15) is 13.2 Å². The van der Waals surface area contributed by atoms with Crippen LogP contribution in [0.25, 0.3) is 0 Å². The lowest BCUT2D eigenvalue weighted by molar-refractivity contribution is -0.137. The monoisotopic (exact) mass is 318 g/mol. The predicted octanol–water partition coefficient (Wildman–Crippen LogP) is 6.19. The number of benzene rings is 1. The van der Waals surface area contributed by atoms with E-state index in [2.05, 4.69) is 27.7 Å². The normalized spacial score (nSPS) is 16.5. The number of hydrogen-bond donors (Lipinski definition) is 0. The molecular weight excluding hydrogens is 292 g/mol. The Bertz CT molecular complexity index is 399. The van der Waals surface area contributed by atoms with E-state index in [0.29, 0.717) is 11.3 Å². The molecule has 0 aromatic heterocycles. The molecule has 0 nitrogen and oxygen atoms in total. The van der Waals surface area contributed by atoms with Gasteiger partial charge in [0.25, 0.3) is 0 Å². The van der Waals surface area contributed by atoms with Gasteiger partial charge in [-0.1, -0.05) is 60.6 Å². The van der Waals surface area contributed by atoms with Gasteiger partial charge in [0.1, 0.15) is 0 Å². The Morgan fingerprint density at radius 3 is 1.67 bits per heavy atom. The van der Waals surface area contributed by atoms with Gasteiger partial charge in [-0.2, -0.15) is 13.2 Å². The zero-order valence-corrected chi connectivity index (χ0v) is 14.3. The Morgan fingerprint density at radius 2 is 1.33 bits per heavy atom. The van der Waals surface area contributed by atoms with Crippen molar-refractivity contribution in [1.29, 1.82) is 0 Å². The van der Waals surface area contributed by atoms with Crippen LogP contribution >= 0.6 is 7.92 Å². The average molecular weight is 318 g/mol. The second-order valence-electron chi connectivity index (χ2n) is 5.73. The lowest BCUT2D eigenvalue weighted by Crippen LogP contribution is -2.19. The van der Waals surface area contributed by atoms with Crippen molar-refractivity contribution in [2.24, 2.45) is 0 Å². The van der Waals surface area contributed by atoms with E-state index in [0.717, 1.165) is 31.0 Å². The van der Waals surface area contributed by atoms with E-state index >= 15 is 0 Å². The topological polar surface area (TPSA) is 0 Å². The van der Waals surface area contributed by atoms with Gasteiger partial charge >= 0.3 is 6.18 Å². The fourth-order valence-electron chi connectivity index (χ4n) is 2.88. The quantitative estimate of drug-likeness (QED) is 0.526. The molecule has 120 valence electrons. The van der Waals surface area contributed by atoms with Crippen LogP contribution in [0.3, 0.4) is 0 Å². The highest BCUT2D eigenvalue weighted by atomic mass is 31.1. The highest BCUT2D eigenvalue weighted by molar-refractivity contribution is 7.66. The molecule has 1 aromatic rings. The molecule has 0 bridgehead atoms. The van der Waals surface area contributed by atoms with E-state index < -0.39 is 19.7 Å². The molecule has 21 heavy (non-hydrogen) atoms. The molecule has 1 rings (SSSR count). The van der Waals surface area contributed by atoms with Crippen LogP contribution in [0.4, 0.5) is 13.2 Å². The van der Waals surface area contributed by atoms with Gasteiger partial charge in [0.15, 0.2) is 0 Å². The molecule has 0 saturated heterocycles. The van der Waals surface area contributed by atoms with Crippen molar-refractivity contribution in [3.05, 3.63) is 29.8 Å². The predicted molar refractivity (Wildman–Crippen MR) is 86.7 cm³/mol. The summed E-state index contributed by atoms with van der Waals surface area (Å²) in [6.07, 6.45) is 0.284. The summed E-state index contributed by atoms with van der Waals surface area (Å²) in [4.78, 5) is 0. The van der Waals surface area contributed by atoms with E-state index in [-0.39, 0.29) is 0 Å². The third-order valence-electron chi connectivity index (χ3n) is 3.86. The van der Waals surface area contributed by atoms with Crippen molar-refractivity contribution in [3.63, 3.8) is 0 Å². The first-order chi connectivity index (χ1) is 9.81. The summed E-state index contributed by atoms with van der Waals surface area (Å²) in [5.41, 5.74) is 0.569. The van der Waals surface area contributed by atoms with Gasteiger partial charge in [-0.25, -0.2) is 0 Å². The molecule has 4 heteroatoms. The maximum absolute atomic E-state index is 12.7. The molecule has 0 N–H and O–H groups in total. The molecule has 0 aliphatic carbocycles. The Balaban J connectivity index is 3.02. The number of rotatable bonds is 7. The molecule has 0 saturated carbocycles. The van der Waals surface area contributed by atoms with Gasteiger partial charge in [-0.3, -0.25) is 0 Å². The van der Waals surface area contributed by atoms with Crippen LogP contribution in [-0.4, -0.2) is 11.3 Å². The summed E-state index contributed by atoms with van der Waals surface area (Å²) in [6, 6.07) is 5.88. The summed E-state index contributed by atoms with van der Waals surface area (Å²) in [7, 11) is -0.406. The van der Waals surface area contributed by atoms with E-state index in [1.54, 1.807) is 12.1 Å². The molecule has 2 atom stereocenters. The first-order valence-electron chi connectivity index (χ1n) is 7.76. The SMILES string of the molecule is CCCC(C)P(c1ccc(C(F)(F)F)cc1)C(C)CCC. The van der Waals surface area contributed by atoms with E-state index in [1.165, 1.54) is 12.1 Å². The third-order valence-corrected chi connectivity index (χ3v) is 7.17. The van der Waals surface area contributed by atoms with Crippen LogP contribution in [0.15, 0.2) is 24.3 Å². The number of halogens is 3. The van der Waals surface area contributed by atoms with Gasteiger partial charge < -0.3 is 0 Å². The lowest BCUT2D eigenvalue weighted by atomic mass is 10.2. The van der Waals surface area contributed by atoms with E-state index in [4.69, 9.17) is 0 Å². The van der Waals surface area contributed by atoms with Crippen LogP contribution in [0.1, 0.15) is 58.9 Å². The van der Waals surface area contributed by atoms with Crippen LogP contribution in [-0.2, 0) is 6.18 Å². The van der Waals surface area contributed by atoms with Gasteiger partial charge in [-0.15, -0.1) is 0 Å². The Labute approximate surface area is 127 Å². The Kier molecular flexibility index (Phi) is 7.20. The molecular formula is C17H26F3P. The van der Waals surface area contributed by atoms with E-state index in [1.807, 2.05) is 0 Å². The molecule has 0 fully saturated rings. The summed E-state index contributed by atoms with van der Waals surface area (Å²) >= 11 is 0. The van der Waals surface area contributed by atoms with Crippen molar-refractivity contribution < 1.29 is 13.2 Å². The minimum absolute atomic E-state index is 0.406. The third kappa shape index (κ3) is 5.29. The highest BCUT2D eigenvalue weighted by Gasteiger charge is 2.31. The fourth-order valence-corrected chi connectivity index (χ4v) is 6.33. The van der Waals surface area contributed by atoms with Crippen molar-refractivity contribution in [3.8, 4) is 0 Å². The van der Waals surface area contributed by atoms with Crippen molar-refractivity contribution in [2.75, 3.05) is 0 Å². The number of hydrogen-bond acceptors (Lipinski definition) is 0. The zero-order chi connectivity index (χ0) is 16.0. The van der Waals surface area contributed by atoms with Gasteiger partial charge in [-0.05, 0) is 41.6 Å². The first kappa shape index (κ1) is 18.5. The van der Waals surface area contributed by atoms with Gasteiger partial charge in [0.05, 0.1) is 5.56 Å². The van der Waals surface area contributed by atoms with Crippen LogP contribution in [0.5, 0.6) is 0 Å². The fraction of sp³-hybridized carbons (Fsp3) is 0.647. The van der Waals surface area contributed by atoms with Gasteiger partial charge in [0.2, 0.25) is 0 Å². The maximum atomic E-state index is 12.7. The smallest absolute Gasteiger partial charge is 0.166 e. The molecule has 0 spiro atoms. The molecule has 0 aliphatic heterocycles. The summed E-state index contributed by atoms with van der Waals surface area (Å²) in [5, 5.41) is 1.11. The largest absolute Gasteiger partial charge is 0.416 e. The van der Waals surface area contributed by atoms with Crippen molar-refractivity contribution >= 4 is 13.2 Å². The Hall–Kier alpha value is -0.560. The second kappa shape index (κ2) is 8.17. The summed E-state index contributed by atoms with van der Waals surface area (Å²) in [5.74, 6) is 0. The van der Waals surface area contributed by atoms with Gasteiger partial charge in [0, 0.05) is 0 Å². The Morgan fingerprint density at radius 1 is 0.905 bits per heavy atom. The first-order valence-corrected chi connectivity index (χ1v) is 9.24. The van der Waals surface area contributed by atoms with Crippen LogP contribution in [0, 0.1) is 0 Å². The van der Waals surface area contributed by atoms with Crippen LogP contribution < -0.4 is 5.30 Å². The summed E-state index contributed by atoms with van der Waals surface area (Å²) in [6.45, 7) is 8.83. The standard InChI is InChI=1S/C17H26F3P/c1-5-7-13(3)21(14(4)8-6-2)16-11-9-15(10-12-16)17(18,19)20/h9-14H,5-8H2,1-4H3. The minimum atomic E-state index is -4.24. The molecule has 0 heterocycles. The molecule has 1 aromatic carbocycles. The van der Waals surface area contributed by atoms with Crippen molar-refractivity contribution in [1.82, 2.24) is 0 Å².